The van der Waals surface area contributed by atoms with Crippen molar-refractivity contribution in [3.05, 3.63) is 69.0 Å². The Kier molecular flexibility index (Phi) is 5.78. The van der Waals surface area contributed by atoms with E-state index in [0.717, 1.165) is 18.2 Å². The van der Waals surface area contributed by atoms with Crippen LogP contribution in [0.1, 0.15) is 22.8 Å². The number of halogens is 3. The van der Waals surface area contributed by atoms with Crippen molar-refractivity contribution in [3.8, 4) is 0 Å². The number of nitro groups is 1. The molecule has 0 saturated carbocycles. The van der Waals surface area contributed by atoms with Crippen molar-refractivity contribution in [1.82, 2.24) is 0 Å². The van der Waals surface area contributed by atoms with Gasteiger partial charge < -0.3 is 10.1 Å². The van der Waals surface area contributed by atoms with Gasteiger partial charge in [-0.1, -0.05) is 0 Å². The molecule has 0 spiro atoms. The molecule has 1 N–H and O–H groups in total. The number of ether oxygens (including phenoxy) is 1. The number of benzene rings is 2. The summed E-state index contributed by atoms with van der Waals surface area (Å²) >= 11 is 0. The summed E-state index contributed by atoms with van der Waals surface area (Å²) in [6.07, 6.45) is -1.40. The van der Waals surface area contributed by atoms with Crippen molar-refractivity contribution in [1.29, 1.82) is 0 Å². The third kappa shape index (κ3) is 4.40. The zero-order chi connectivity index (χ0) is 20.3. The molecule has 1 unspecified atom stereocenters. The van der Waals surface area contributed by atoms with Crippen LogP contribution in [0.4, 0.5) is 24.5 Å². The van der Waals surface area contributed by atoms with Gasteiger partial charge >= 0.3 is 5.97 Å². The number of nitro benzene ring substituents is 1. The minimum Gasteiger partial charge on any atom is -0.449 e. The first-order valence-electron chi connectivity index (χ1n) is 7.52. The van der Waals surface area contributed by atoms with E-state index in [2.05, 4.69) is 0 Å². The maximum absolute atomic E-state index is 13.6. The van der Waals surface area contributed by atoms with Crippen molar-refractivity contribution in [2.45, 2.75) is 20.0 Å². The fraction of sp³-hybridized carbons (Fsp3) is 0.176. The summed E-state index contributed by atoms with van der Waals surface area (Å²) in [5, 5.41) is 12.8. The molecule has 0 aliphatic heterocycles. The van der Waals surface area contributed by atoms with Gasteiger partial charge in [0.1, 0.15) is 0 Å². The maximum atomic E-state index is 13.6. The lowest BCUT2D eigenvalue weighted by atomic mass is 10.1. The first kappa shape index (κ1) is 19.9. The molecule has 0 fully saturated rings. The summed E-state index contributed by atoms with van der Waals surface area (Å²) < 4.78 is 44.5. The summed E-state index contributed by atoms with van der Waals surface area (Å²) in [6.45, 7) is 2.61. The highest BCUT2D eigenvalue weighted by Gasteiger charge is 2.23. The predicted molar refractivity (Wildman–Crippen MR) is 87.7 cm³/mol. The SMILES string of the molecule is Cc1cc(C(=O)OC(C)C(=O)Nc2ccc(F)c(F)c2F)ccc1[N+](=O)[O-]. The highest BCUT2D eigenvalue weighted by Crippen LogP contribution is 2.21. The molecule has 7 nitrogen and oxygen atoms in total. The number of rotatable bonds is 5. The number of hydrogen-bond acceptors (Lipinski definition) is 5. The van der Waals surface area contributed by atoms with Crippen LogP contribution in [0.15, 0.2) is 30.3 Å². The van der Waals surface area contributed by atoms with Crippen molar-refractivity contribution in [2.24, 2.45) is 0 Å². The Bertz CT molecular complexity index is 933. The van der Waals surface area contributed by atoms with Crippen molar-refractivity contribution in [3.63, 3.8) is 0 Å². The first-order valence-corrected chi connectivity index (χ1v) is 7.52. The van der Waals surface area contributed by atoms with Crippen LogP contribution < -0.4 is 5.32 Å². The number of amides is 1. The molecule has 0 bridgehead atoms. The molecule has 2 aromatic carbocycles. The number of nitrogens with one attached hydrogen (secondary N) is 1. The van der Waals surface area contributed by atoms with Gasteiger partial charge in [-0.05, 0) is 38.1 Å². The largest absolute Gasteiger partial charge is 0.449 e. The molecule has 0 saturated heterocycles. The standard InChI is InChI=1S/C17H13F3N2O5/c1-8-7-10(3-6-13(8)22(25)26)17(24)27-9(2)16(23)21-12-5-4-11(18)14(19)15(12)20/h3-7,9H,1-2H3,(H,21,23). The van der Waals surface area contributed by atoms with Gasteiger partial charge in [0.2, 0.25) is 0 Å². The maximum Gasteiger partial charge on any atom is 0.338 e. The Morgan fingerprint density at radius 1 is 1.15 bits per heavy atom. The van der Waals surface area contributed by atoms with E-state index < -0.39 is 46.0 Å². The predicted octanol–water partition coefficient (Wildman–Crippen LogP) is 3.50. The van der Waals surface area contributed by atoms with Gasteiger partial charge in [0, 0.05) is 11.6 Å². The van der Waals surface area contributed by atoms with Gasteiger partial charge in [-0.3, -0.25) is 14.9 Å². The minimum absolute atomic E-state index is 0.0308. The number of nitrogens with zero attached hydrogens (tertiary/aromatic N) is 1. The average molecular weight is 382 g/mol. The van der Waals surface area contributed by atoms with Gasteiger partial charge in [-0.15, -0.1) is 0 Å². The quantitative estimate of drug-likeness (QED) is 0.369. The Hall–Kier alpha value is -3.43. The number of anilines is 1. The van der Waals surface area contributed by atoms with Crippen LogP contribution in [-0.2, 0) is 9.53 Å². The number of hydrogen-bond donors (Lipinski definition) is 1. The molecule has 0 aliphatic rings. The zero-order valence-corrected chi connectivity index (χ0v) is 14.1. The highest BCUT2D eigenvalue weighted by molar-refractivity contribution is 5.97. The van der Waals surface area contributed by atoms with Crippen LogP contribution in [0.2, 0.25) is 0 Å². The topological polar surface area (TPSA) is 98.5 Å². The van der Waals surface area contributed by atoms with E-state index >= 15 is 0 Å². The number of esters is 1. The number of carbonyl (C=O) groups is 2. The molecular formula is C17H13F3N2O5. The molecular weight excluding hydrogens is 369 g/mol. The second-order valence-electron chi connectivity index (χ2n) is 5.52. The lowest BCUT2D eigenvalue weighted by molar-refractivity contribution is -0.385. The van der Waals surface area contributed by atoms with Crippen molar-refractivity contribution < 1.29 is 32.4 Å². The van der Waals surface area contributed by atoms with E-state index in [9.17, 15) is 32.9 Å². The second kappa shape index (κ2) is 7.85. The van der Waals surface area contributed by atoms with Crippen LogP contribution in [-0.4, -0.2) is 22.9 Å². The van der Waals surface area contributed by atoms with Gasteiger partial charge in [0.25, 0.3) is 11.6 Å². The monoisotopic (exact) mass is 382 g/mol. The third-order valence-electron chi connectivity index (χ3n) is 3.58. The van der Waals surface area contributed by atoms with E-state index in [1.165, 1.54) is 19.9 Å². The molecule has 0 aliphatic carbocycles. The normalized spacial score (nSPS) is 11.6. The van der Waals surface area contributed by atoms with Crippen LogP contribution in [0.5, 0.6) is 0 Å². The van der Waals surface area contributed by atoms with Crippen LogP contribution in [0, 0.1) is 34.5 Å². The molecule has 2 aromatic rings. The molecule has 27 heavy (non-hydrogen) atoms. The highest BCUT2D eigenvalue weighted by atomic mass is 19.2. The second-order valence-corrected chi connectivity index (χ2v) is 5.52. The number of carbonyl (C=O) groups excluding carboxylic acids is 2. The minimum atomic E-state index is -1.75. The van der Waals surface area contributed by atoms with Gasteiger partial charge in [0.05, 0.1) is 16.2 Å². The summed E-state index contributed by atoms with van der Waals surface area (Å²) in [4.78, 5) is 34.2. The fourth-order valence-corrected chi connectivity index (χ4v) is 2.13. The van der Waals surface area contributed by atoms with Crippen LogP contribution in [0.3, 0.4) is 0 Å². The van der Waals surface area contributed by atoms with E-state index in [4.69, 9.17) is 4.74 Å². The Balaban J connectivity index is 2.08. The summed E-state index contributed by atoms with van der Waals surface area (Å²) in [6, 6.07) is 4.95. The lowest BCUT2D eigenvalue weighted by Gasteiger charge is -2.14. The van der Waals surface area contributed by atoms with E-state index in [1.807, 2.05) is 5.32 Å². The summed E-state index contributed by atoms with van der Waals surface area (Å²) in [7, 11) is 0. The van der Waals surface area contributed by atoms with Gasteiger partial charge in [-0.25, -0.2) is 18.0 Å². The zero-order valence-electron chi connectivity index (χ0n) is 14.1. The first-order chi connectivity index (χ1) is 12.6. The van der Waals surface area contributed by atoms with Crippen LogP contribution >= 0.6 is 0 Å². The molecule has 142 valence electrons. The van der Waals surface area contributed by atoms with Gasteiger partial charge in [0.15, 0.2) is 23.6 Å². The van der Waals surface area contributed by atoms with Crippen molar-refractivity contribution in [2.75, 3.05) is 5.32 Å². The fourth-order valence-electron chi connectivity index (χ4n) is 2.13. The smallest absolute Gasteiger partial charge is 0.338 e. The summed E-state index contributed by atoms with van der Waals surface area (Å²) in [5.74, 6) is -6.68. The molecule has 1 atom stereocenters. The average Bonchev–Trinajstić information content (AvgIpc) is 2.61. The van der Waals surface area contributed by atoms with E-state index in [-0.39, 0.29) is 16.8 Å². The van der Waals surface area contributed by atoms with E-state index in [1.54, 1.807) is 0 Å². The molecule has 2 rings (SSSR count). The van der Waals surface area contributed by atoms with E-state index in [0.29, 0.717) is 6.07 Å². The number of aryl methyl sites for hydroxylation is 1. The Labute approximate surface area is 150 Å². The summed E-state index contributed by atoms with van der Waals surface area (Å²) in [5.41, 5.74) is -0.619. The van der Waals surface area contributed by atoms with Crippen molar-refractivity contribution >= 4 is 23.3 Å². The molecule has 0 radical (unpaired) electrons. The van der Waals surface area contributed by atoms with Gasteiger partial charge in [-0.2, -0.15) is 0 Å². The Morgan fingerprint density at radius 2 is 1.81 bits per heavy atom. The third-order valence-corrected chi connectivity index (χ3v) is 3.58. The lowest BCUT2D eigenvalue weighted by Crippen LogP contribution is -2.30. The van der Waals surface area contributed by atoms with Crippen LogP contribution in [0.25, 0.3) is 0 Å². The molecule has 0 heterocycles. The molecule has 10 heteroatoms. The molecule has 1 amide bonds. The Morgan fingerprint density at radius 3 is 2.41 bits per heavy atom. The molecule has 0 aromatic heterocycles.